The highest BCUT2D eigenvalue weighted by atomic mass is 35.5. The van der Waals surface area contributed by atoms with Gasteiger partial charge in [-0.2, -0.15) is 13.2 Å². The molecule has 1 aromatic carbocycles. The predicted molar refractivity (Wildman–Crippen MR) is 90.4 cm³/mol. The predicted octanol–water partition coefficient (Wildman–Crippen LogP) is 3.25. The number of rotatable bonds is 5. The topological polar surface area (TPSA) is 49.9 Å². The first-order chi connectivity index (χ1) is 12.2. The van der Waals surface area contributed by atoms with Crippen molar-refractivity contribution in [1.82, 2.24) is 9.80 Å². The van der Waals surface area contributed by atoms with E-state index in [2.05, 4.69) is 4.74 Å². The van der Waals surface area contributed by atoms with Crippen molar-refractivity contribution in [3.63, 3.8) is 0 Å². The molecule has 0 bridgehead atoms. The Bertz CT molecular complexity index is 642. The number of benzene rings is 1. The Kier molecular flexibility index (Phi) is 7.14. The fraction of sp³-hybridized carbons (Fsp3) is 0.500. The van der Waals surface area contributed by atoms with E-state index >= 15 is 0 Å². The highest BCUT2D eigenvalue weighted by molar-refractivity contribution is 6.35. The van der Waals surface area contributed by atoms with Gasteiger partial charge in [-0.1, -0.05) is 23.2 Å². The van der Waals surface area contributed by atoms with Crippen molar-refractivity contribution in [3.05, 3.63) is 33.8 Å². The van der Waals surface area contributed by atoms with Crippen LogP contribution in [0.4, 0.5) is 13.2 Å². The van der Waals surface area contributed by atoms with E-state index in [-0.39, 0.29) is 24.8 Å². The Labute approximate surface area is 158 Å². The lowest BCUT2D eigenvalue weighted by Gasteiger charge is -2.35. The van der Waals surface area contributed by atoms with Crippen LogP contribution >= 0.6 is 23.2 Å². The largest absolute Gasteiger partial charge is 0.411 e. The van der Waals surface area contributed by atoms with E-state index in [0.29, 0.717) is 41.8 Å². The quantitative estimate of drug-likeness (QED) is 0.697. The van der Waals surface area contributed by atoms with Crippen molar-refractivity contribution >= 4 is 35.0 Å². The smallest absolute Gasteiger partial charge is 0.372 e. The highest BCUT2D eigenvalue weighted by Crippen LogP contribution is 2.21. The average Bonchev–Trinajstić information content (AvgIpc) is 2.56. The van der Waals surface area contributed by atoms with Gasteiger partial charge in [0.05, 0.1) is 13.0 Å². The van der Waals surface area contributed by atoms with E-state index in [1.807, 2.05) is 0 Å². The van der Waals surface area contributed by atoms with Crippen LogP contribution < -0.4 is 0 Å². The van der Waals surface area contributed by atoms with Crippen molar-refractivity contribution in [3.8, 4) is 0 Å². The van der Waals surface area contributed by atoms with E-state index < -0.39 is 12.8 Å². The third-order valence-corrected chi connectivity index (χ3v) is 4.19. The summed E-state index contributed by atoms with van der Waals surface area (Å²) in [6, 6.07) is 4.56. The zero-order valence-electron chi connectivity index (χ0n) is 13.7. The summed E-state index contributed by atoms with van der Waals surface area (Å²) >= 11 is 11.8. The Morgan fingerprint density at radius 3 is 2.08 bits per heavy atom. The normalized spacial score (nSPS) is 15.3. The molecule has 2 amide bonds. The zero-order valence-corrected chi connectivity index (χ0v) is 15.2. The van der Waals surface area contributed by atoms with E-state index in [1.54, 1.807) is 4.90 Å². The number of halogens is 5. The minimum atomic E-state index is -4.40. The average molecular weight is 413 g/mol. The van der Waals surface area contributed by atoms with Gasteiger partial charge < -0.3 is 14.5 Å². The van der Waals surface area contributed by atoms with Gasteiger partial charge in [0.15, 0.2) is 0 Å². The molecule has 144 valence electrons. The number of nitrogens with zero attached hydrogens (tertiary/aromatic N) is 2. The fourth-order valence-corrected chi connectivity index (χ4v) is 3.05. The molecule has 1 aliphatic heterocycles. The first-order valence-corrected chi connectivity index (χ1v) is 8.59. The lowest BCUT2D eigenvalue weighted by atomic mass is 10.1. The van der Waals surface area contributed by atoms with Crippen molar-refractivity contribution in [2.24, 2.45) is 0 Å². The van der Waals surface area contributed by atoms with Crippen LogP contribution in [0.2, 0.25) is 10.0 Å². The van der Waals surface area contributed by atoms with Crippen LogP contribution in [-0.4, -0.2) is 67.2 Å². The number of alkyl halides is 3. The molecule has 1 heterocycles. The fourth-order valence-electron chi connectivity index (χ4n) is 2.52. The number of amides is 2. The summed E-state index contributed by atoms with van der Waals surface area (Å²) in [5.41, 5.74) is 0.364. The second-order valence-corrected chi connectivity index (χ2v) is 6.62. The second-order valence-electron chi connectivity index (χ2n) is 5.75. The summed E-state index contributed by atoms with van der Waals surface area (Å²) in [6.07, 6.45) is -4.54. The van der Waals surface area contributed by atoms with Crippen LogP contribution in [0.1, 0.15) is 16.8 Å². The molecule has 5 nitrogen and oxygen atoms in total. The van der Waals surface area contributed by atoms with Crippen molar-refractivity contribution in [2.75, 3.05) is 39.4 Å². The number of piperazine rings is 1. The summed E-state index contributed by atoms with van der Waals surface area (Å²) in [5, 5.41) is 0.710. The van der Waals surface area contributed by atoms with Crippen LogP contribution in [-0.2, 0) is 9.53 Å². The Morgan fingerprint density at radius 2 is 1.54 bits per heavy atom. The Balaban J connectivity index is 1.79. The minimum absolute atomic E-state index is 0.131. The summed E-state index contributed by atoms with van der Waals surface area (Å²) in [7, 11) is 0. The van der Waals surface area contributed by atoms with Crippen molar-refractivity contribution in [1.29, 1.82) is 0 Å². The van der Waals surface area contributed by atoms with Crippen molar-refractivity contribution < 1.29 is 27.5 Å². The van der Waals surface area contributed by atoms with Crippen LogP contribution in [0.15, 0.2) is 18.2 Å². The lowest BCUT2D eigenvalue weighted by molar-refractivity contribution is -0.175. The molecule has 0 unspecified atom stereocenters. The Morgan fingerprint density at radius 1 is 1.00 bits per heavy atom. The number of hydrogen-bond donors (Lipinski definition) is 0. The molecule has 1 saturated heterocycles. The number of carbonyl (C=O) groups is 2. The maximum atomic E-state index is 12.5. The molecule has 0 N–H and O–H groups in total. The second kappa shape index (κ2) is 8.92. The molecule has 0 spiro atoms. The van der Waals surface area contributed by atoms with Gasteiger partial charge in [0.25, 0.3) is 5.91 Å². The van der Waals surface area contributed by atoms with Gasteiger partial charge in [-0.05, 0) is 18.2 Å². The summed E-state index contributed by atoms with van der Waals surface area (Å²) in [4.78, 5) is 27.5. The molecule has 1 fully saturated rings. The van der Waals surface area contributed by atoms with Gasteiger partial charge in [0.2, 0.25) is 5.91 Å². The molecule has 0 aromatic heterocycles. The standard InChI is InChI=1S/C16H17Cl2F3N2O3/c17-12-7-11(8-13(18)9-12)15(25)23-4-2-22(3-5-23)14(24)1-6-26-10-16(19,20)21/h7-9H,1-6,10H2. The maximum Gasteiger partial charge on any atom is 0.411 e. The summed E-state index contributed by atoms with van der Waals surface area (Å²) < 4.78 is 40.3. The first kappa shape index (κ1) is 20.8. The van der Waals surface area contributed by atoms with Gasteiger partial charge in [0.1, 0.15) is 6.61 Å². The van der Waals surface area contributed by atoms with Gasteiger partial charge in [0, 0.05) is 41.8 Å². The monoisotopic (exact) mass is 412 g/mol. The molecule has 0 radical (unpaired) electrons. The van der Waals surface area contributed by atoms with Crippen LogP contribution in [0.5, 0.6) is 0 Å². The summed E-state index contributed by atoms with van der Waals surface area (Å²) in [5.74, 6) is -0.542. The minimum Gasteiger partial charge on any atom is -0.372 e. The molecule has 26 heavy (non-hydrogen) atoms. The zero-order chi connectivity index (χ0) is 19.3. The van der Waals surface area contributed by atoms with E-state index in [9.17, 15) is 22.8 Å². The molecular weight excluding hydrogens is 396 g/mol. The van der Waals surface area contributed by atoms with Crippen LogP contribution in [0, 0.1) is 0 Å². The molecule has 10 heteroatoms. The van der Waals surface area contributed by atoms with Gasteiger partial charge in [-0.15, -0.1) is 0 Å². The third-order valence-electron chi connectivity index (χ3n) is 3.76. The van der Waals surface area contributed by atoms with Crippen LogP contribution in [0.25, 0.3) is 0 Å². The van der Waals surface area contributed by atoms with Crippen LogP contribution in [0.3, 0.4) is 0 Å². The molecule has 1 aliphatic rings. The molecular formula is C16H17Cl2F3N2O3. The van der Waals surface area contributed by atoms with E-state index in [4.69, 9.17) is 23.2 Å². The molecule has 0 aliphatic carbocycles. The third kappa shape index (κ3) is 6.34. The van der Waals surface area contributed by atoms with E-state index in [0.717, 1.165) is 0 Å². The number of ether oxygens (including phenoxy) is 1. The van der Waals surface area contributed by atoms with Gasteiger partial charge in [-0.25, -0.2) is 0 Å². The van der Waals surface area contributed by atoms with Crippen molar-refractivity contribution in [2.45, 2.75) is 12.6 Å². The van der Waals surface area contributed by atoms with Gasteiger partial charge in [-0.3, -0.25) is 9.59 Å². The lowest BCUT2D eigenvalue weighted by Crippen LogP contribution is -2.50. The highest BCUT2D eigenvalue weighted by Gasteiger charge is 2.28. The number of carbonyl (C=O) groups excluding carboxylic acids is 2. The Hall–Kier alpha value is -1.51. The molecule has 2 rings (SSSR count). The number of hydrogen-bond acceptors (Lipinski definition) is 3. The van der Waals surface area contributed by atoms with Gasteiger partial charge >= 0.3 is 6.18 Å². The first-order valence-electron chi connectivity index (χ1n) is 7.83. The maximum absolute atomic E-state index is 12.5. The molecule has 1 aromatic rings. The molecule has 0 atom stereocenters. The SMILES string of the molecule is O=C(CCOCC(F)(F)F)N1CCN(C(=O)c2cc(Cl)cc(Cl)c2)CC1. The van der Waals surface area contributed by atoms with E-state index in [1.165, 1.54) is 23.1 Å². The molecule has 0 saturated carbocycles. The summed E-state index contributed by atoms with van der Waals surface area (Å²) in [6.45, 7) is -0.421.